The number of aromatic hydroxyl groups is 1. The van der Waals surface area contributed by atoms with Crippen LogP contribution in [0.1, 0.15) is 45.5 Å². The number of phenols is 1. The van der Waals surface area contributed by atoms with Gasteiger partial charge in [-0.2, -0.15) is 0 Å². The molecule has 0 fully saturated rings. The number of phenolic OH excluding ortho intramolecular Hbond substituents is 1. The fourth-order valence-electron chi connectivity index (χ4n) is 6.60. The van der Waals surface area contributed by atoms with Crippen LogP contribution in [0.25, 0.3) is 0 Å². The van der Waals surface area contributed by atoms with Crippen LogP contribution in [0.5, 0.6) is 46.0 Å². The first-order chi connectivity index (χ1) is 21.0. The third kappa shape index (κ3) is 5.11. The van der Waals surface area contributed by atoms with Gasteiger partial charge in [0.15, 0.2) is 34.5 Å². The number of benzene rings is 4. The molecule has 0 radical (unpaired) electrons. The van der Waals surface area contributed by atoms with E-state index in [2.05, 4.69) is 34.9 Å². The highest BCUT2D eigenvalue weighted by Gasteiger charge is 2.31. The smallest absolute Gasteiger partial charge is 0.201 e. The molecule has 43 heavy (non-hydrogen) atoms. The van der Waals surface area contributed by atoms with Gasteiger partial charge in [0.05, 0.1) is 21.3 Å². The van der Waals surface area contributed by atoms with Crippen LogP contribution in [0.4, 0.5) is 0 Å². The summed E-state index contributed by atoms with van der Waals surface area (Å²) < 4.78 is 30.1. The highest BCUT2D eigenvalue weighted by atomic mass is 16.5. The molecule has 8 rings (SSSR count). The molecule has 8 nitrogen and oxygen atoms in total. The van der Waals surface area contributed by atoms with Crippen LogP contribution in [0, 0.1) is 0 Å². The molecule has 2 atom stereocenters. The van der Waals surface area contributed by atoms with Gasteiger partial charge in [0, 0.05) is 17.6 Å². The van der Waals surface area contributed by atoms with E-state index in [4.69, 9.17) is 23.7 Å². The van der Waals surface area contributed by atoms with Crippen LogP contribution in [0.3, 0.4) is 0 Å². The van der Waals surface area contributed by atoms with Gasteiger partial charge < -0.3 is 39.4 Å². The van der Waals surface area contributed by atoms with Crippen LogP contribution in [-0.4, -0.2) is 39.5 Å². The summed E-state index contributed by atoms with van der Waals surface area (Å²) in [6, 6.07) is 20.3. The van der Waals surface area contributed by atoms with Gasteiger partial charge in [0.1, 0.15) is 5.75 Å². The van der Waals surface area contributed by atoms with E-state index in [1.807, 2.05) is 36.4 Å². The number of ether oxygens (including phenoxy) is 5. The van der Waals surface area contributed by atoms with Gasteiger partial charge in [-0.05, 0) is 109 Å². The van der Waals surface area contributed by atoms with Crippen molar-refractivity contribution in [2.45, 2.75) is 37.8 Å². The van der Waals surface area contributed by atoms with Gasteiger partial charge in [-0.25, -0.2) is 0 Å². The van der Waals surface area contributed by atoms with Crippen molar-refractivity contribution < 1.29 is 28.8 Å². The van der Waals surface area contributed by atoms with E-state index >= 15 is 0 Å². The van der Waals surface area contributed by atoms with E-state index < -0.39 is 0 Å². The average Bonchev–Trinajstić information content (AvgIpc) is 3.03. The van der Waals surface area contributed by atoms with Crippen LogP contribution in [-0.2, 0) is 25.7 Å². The van der Waals surface area contributed by atoms with E-state index in [0.29, 0.717) is 40.9 Å². The molecule has 0 amide bonds. The Hall–Kier alpha value is -4.40. The average molecular weight is 581 g/mol. The van der Waals surface area contributed by atoms with Crippen molar-refractivity contribution >= 4 is 0 Å². The summed E-state index contributed by atoms with van der Waals surface area (Å²) in [6.07, 6.45) is 3.10. The highest BCUT2D eigenvalue weighted by Crippen LogP contribution is 2.50. The van der Waals surface area contributed by atoms with Crippen molar-refractivity contribution in [1.29, 1.82) is 0 Å². The second kappa shape index (κ2) is 11.4. The van der Waals surface area contributed by atoms with Crippen molar-refractivity contribution in [2.75, 3.05) is 34.4 Å². The van der Waals surface area contributed by atoms with Crippen LogP contribution < -0.4 is 34.3 Å². The topological polar surface area (TPSA) is 90.4 Å². The zero-order chi connectivity index (χ0) is 29.5. The van der Waals surface area contributed by atoms with Crippen molar-refractivity contribution in [3.8, 4) is 46.0 Å². The molecule has 0 saturated carbocycles. The first-order valence-corrected chi connectivity index (χ1v) is 14.8. The second-order valence-electron chi connectivity index (χ2n) is 11.3. The first kappa shape index (κ1) is 27.4. The zero-order valence-corrected chi connectivity index (χ0v) is 24.7. The summed E-state index contributed by atoms with van der Waals surface area (Å²) in [5.74, 6) is 3.98. The zero-order valence-electron chi connectivity index (χ0n) is 24.7. The first-order valence-electron chi connectivity index (χ1n) is 14.8. The number of methoxy groups -OCH3 is 3. The fourth-order valence-corrected chi connectivity index (χ4v) is 6.60. The molecule has 8 heteroatoms. The van der Waals surface area contributed by atoms with E-state index in [9.17, 15) is 5.11 Å². The third-order valence-corrected chi connectivity index (χ3v) is 8.75. The van der Waals surface area contributed by atoms with E-state index in [1.54, 1.807) is 21.3 Å². The van der Waals surface area contributed by atoms with Gasteiger partial charge in [0.25, 0.3) is 0 Å². The molecule has 222 valence electrons. The standard InChI is InChI=1S/C35H36N2O6/c1-39-28-9-6-21-15-27-33-23(11-13-37-27)18-32(41-3)34(38)35(33)43-31-19-25-22(17-29(31)40-2)10-12-36-26(25)14-20-4-7-24(8-5-20)42-30(28)16-21/h4-9,16-19,26-27,36-38H,10-15H2,1-3H3/t26-,27-/m0/s1. The minimum absolute atomic E-state index is 0.0305. The lowest BCUT2D eigenvalue weighted by Gasteiger charge is -2.31. The van der Waals surface area contributed by atoms with Crippen LogP contribution in [0.2, 0.25) is 0 Å². The second-order valence-corrected chi connectivity index (χ2v) is 11.3. The third-order valence-electron chi connectivity index (χ3n) is 8.75. The van der Waals surface area contributed by atoms with Crippen molar-refractivity contribution in [3.63, 3.8) is 0 Å². The lowest BCUT2D eigenvalue weighted by Crippen LogP contribution is -2.32. The SMILES string of the molecule is COc1ccc2cc1Oc1ccc(cc1)C[C@@H]1NCCc3cc(OC)c(cc31)Oc1c(O)c(OC)cc3c1[C@H](C2)NCC3. The Morgan fingerprint density at radius 1 is 0.674 bits per heavy atom. The highest BCUT2D eigenvalue weighted by molar-refractivity contribution is 5.63. The predicted octanol–water partition coefficient (Wildman–Crippen LogP) is 6.18. The molecule has 0 saturated heterocycles. The lowest BCUT2D eigenvalue weighted by molar-refractivity contribution is 0.334. The molecule has 4 aromatic rings. The monoisotopic (exact) mass is 580 g/mol. The van der Waals surface area contributed by atoms with Crippen LogP contribution >= 0.6 is 0 Å². The molecule has 3 N–H and O–H groups in total. The number of hydrogen-bond acceptors (Lipinski definition) is 8. The summed E-state index contributed by atoms with van der Waals surface area (Å²) >= 11 is 0. The maximum atomic E-state index is 11.5. The van der Waals surface area contributed by atoms with Crippen molar-refractivity contribution in [3.05, 3.63) is 94.0 Å². The molecule has 0 aliphatic carbocycles. The molecule has 6 bridgehead atoms. The lowest BCUT2D eigenvalue weighted by atomic mass is 9.88. The molecule has 4 aliphatic heterocycles. The number of fused-ring (bicyclic) bond motifs is 2. The molecule has 4 heterocycles. The minimum atomic E-state index is -0.131. The summed E-state index contributed by atoms with van der Waals surface area (Å²) in [5, 5.41) is 18.9. The Labute approximate surface area is 251 Å². The van der Waals surface area contributed by atoms with Crippen molar-refractivity contribution in [1.82, 2.24) is 10.6 Å². The van der Waals surface area contributed by atoms with Crippen LogP contribution in [0.15, 0.2) is 60.7 Å². The van der Waals surface area contributed by atoms with Gasteiger partial charge in [-0.15, -0.1) is 0 Å². The summed E-state index contributed by atoms with van der Waals surface area (Å²) in [6.45, 7) is 1.66. The largest absolute Gasteiger partial charge is 0.502 e. The Kier molecular flexibility index (Phi) is 7.24. The Balaban J connectivity index is 1.43. The van der Waals surface area contributed by atoms with E-state index in [-0.39, 0.29) is 17.8 Å². The summed E-state index contributed by atoms with van der Waals surface area (Å²) in [7, 11) is 4.87. The van der Waals surface area contributed by atoms with Gasteiger partial charge in [0.2, 0.25) is 5.75 Å². The minimum Gasteiger partial charge on any atom is -0.502 e. The van der Waals surface area contributed by atoms with Crippen molar-refractivity contribution in [2.24, 2.45) is 0 Å². The normalized spacial score (nSPS) is 18.8. The Morgan fingerprint density at radius 2 is 1.33 bits per heavy atom. The molecule has 0 aromatic heterocycles. The Morgan fingerprint density at radius 3 is 2.09 bits per heavy atom. The predicted molar refractivity (Wildman–Crippen MR) is 164 cm³/mol. The van der Waals surface area contributed by atoms with Gasteiger partial charge in [-0.3, -0.25) is 0 Å². The molecular formula is C35H36N2O6. The Bertz CT molecular complexity index is 1670. The molecule has 0 spiro atoms. The van der Waals surface area contributed by atoms with Gasteiger partial charge >= 0.3 is 0 Å². The number of nitrogens with one attached hydrogen (secondary N) is 2. The van der Waals surface area contributed by atoms with E-state index in [1.165, 1.54) is 11.1 Å². The maximum absolute atomic E-state index is 11.5. The molecular weight excluding hydrogens is 544 g/mol. The number of hydrogen-bond donors (Lipinski definition) is 3. The van der Waals surface area contributed by atoms with Gasteiger partial charge in [-0.1, -0.05) is 18.2 Å². The maximum Gasteiger partial charge on any atom is 0.201 e. The fraction of sp³-hybridized carbons (Fsp3) is 0.314. The van der Waals surface area contributed by atoms with E-state index in [0.717, 1.165) is 60.4 Å². The summed E-state index contributed by atoms with van der Waals surface area (Å²) in [4.78, 5) is 0. The molecule has 4 aliphatic rings. The molecule has 0 unspecified atom stereocenters. The molecule has 4 aromatic carbocycles. The quantitative estimate of drug-likeness (QED) is 0.265. The number of rotatable bonds is 3. The summed E-state index contributed by atoms with van der Waals surface area (Å²) in [5.41, 5.74) is 6.61.